The number of aromatic amines is 1. The quantitative estimate of drug-likeness (QED) is 0.665. The molecule has 1 heterocycles. The van der Waals surface area contributed by atoms with Crippen molar-refractivity contribution < 1.29 is 0 Å². The van der Waals surface area contributed by atoms with Crippen LogP contribution in [0.5, 0.6) is 0 Å². The summed E-state index contributed by atoms with van der Waals surface area (Å²) in [6.45, 7) is 0. The Balaban J connectivity index is 2.81. The van der Waals surface area contributed by atoms with Gasteiger partial charge >= 0.3 is 0 Å². The first-order chi connectivity index (χ1) is 5.86. The summed E-state index contributed by atoms with van der Waals surface area (Å²) >= 11 is 0. The summed E-state index contributed by atoms with van der Waals surface area (Å²) in [5, 5.41) is 16.9. The SMILES string of the molecule is N#CCC(C#N)=Cc1ccc[nH]1. The van der Waals surface area contributed by atoms with E-state index in [-0.39, 0.29) is 6.42 Å². The molecular weight excluding hydrogens is 150 g/mol. The van der Waals surface area contributed by atoms with Gasteiger partial charge in [0.15, 0.2) is 0 Å². The molecule has 0 saturated heterocycles. The van der Waals surface area contributed by atoms with Crippen molar-refractivity contribution in [3.63, 3.8) is 0 Å². The second-order valence-corrected chi connectivity index (χ2v) is 2.24. The molecule has 0 spiro atoms. The van der Waals surface area contributed by atoms with Crippen molar-refractivity contribution in [1.82, 2.24) is 4.98 Å². The zero-order chi connectivity index (χ0) is 8.81. The maximum absolute atomic E-state index is 8.57. The predicted molar refractivity (Wildman–Crippen MR) is 44.6 cm³/mol. The molecule has 12 heavy (non-hydrogen) atoms. The molecular formula is C9H7N3. The van der Waals surface area contributed by atoms with Crippen LogP contribution in [0.15, 0.2) is 23.9 Å². The van der Waals surface area contributed by atoms with Crippen LogP contribution in [0.25, 0.3) is 6.08 Å². The molecule has 0 amide bonds. The van der Waals surface area contributed by atoms with Crippen LogP contribution in [-0.4, -0.2) is 4.98 Å². The van der Waals surface area contributed by atoms with E-state index in [1.54, 1.807) is 12.3 Å². The minimum absolute atomic E-state index is 0.162. The van der Waals surface area contributed by atoms with Gasteiger partial charge < -0.3 is 4.98 Å². The fraction of sp³-hybridized carbons (Fsp3) is 0.111. The fourth-order valence-electron chi connectivity index (χ4n) is 0.830. The van der Waals surface area contributed by atoms with E-state index in [4.69, 9.17) is 10.5 Å². The zero-order valence-electron chi connectivity index (χ0n) is 6.41. The number of nitriles is 2. The monoisotopic (exact) mass is 157 g/mol. The first kappa shape index (κ1) is 8.10. The molecule has 0 aromatic carbocycles. The van der Waals surface area contributed by atoms with E-state index in [0.29, 0.717) is 5.57 Å². The number of allylic oxidation sites excluding steroid dienone is 1. The van der Waals surface area contributed by atoms with Gasteiger partial charge in [-0.2, -0.15) is 10.5 Å². The summed E-state index contributed by atoms with van der Waals surface area (Å²) in [4.78, 5) is 2.92. The predicted octanol–water partition coefficient (Wildman–Crippen LogP) is 1.84. The van der Waals surface area contributed by atoms with Crippen LogP contribution in [0.2, 0.25) is 0 Å². The lowest BCUT2D eigenvalue weighted by Crippen LogP contribution is -1.77. The average molecular weight is 157 g/mol. The molecule has 0 radical (unpaired) electrons. The van der Waals surface area contributed by atoms with E-state index < -0.39 is 0 Å². The fourth-order valence-corrected chi connectivity index (χ4v) is 0.830. The van der Waals surface area contributed by atoms with Gasteiger partial charge in [0.05, 0.1) is 18.6 Å². The smallest absolute Gasteiger partial charge is 0.0958 e. The average Bonchev–Trinajstić information content (AvgIpc) is 2.56. The number of aromatic nitrogens is 1. The lowest BCUT2D eigenvalue weighted by Gasteiger charge is -1.87. The van der Waals surface area contributed by atoms with Crippen LogP contribution in [0.3, 0.4) is 0 Å². The molecule has 0 unspecified atom stereocenters. The van der Waals surface area contributed by atoms with E-state index >= 15 is 0 Å². The normalized spacial score (nSPS) is 10.3. The molecule has 0 saturated carbocycles. The standard InChI is InChI=1S/C9H7N3/c10-4-3-8(7-11)6-9-2-1-5-12-9/h1-2,5-6,12H,3H2. The van der Waals surface area contributed by atoms with E-state index in [1.807, 2.05) is 24.3 Å². The lowest BCUT2D eigenvalue weighted by atomic mass is 10.2. The molecule has 0 aliphatic rings. The van der Waals surface area contributed by atoms with Gasteiger partial charge in [-0.1, -0.05) is 0 Å². The van der Waals surface area contributed by atoms with E-state index in [1.165, 1.54) is 0 Å². The first-order valence-corrected chi connectivity index (χ1v) is 3.48. The van der Waals surface area contributed by atoms with Crippen molar-refractivity contribution in [3.05, 3.63) is 29.6 Å². The van der Waals surface area contributed by atoms with Gasteiger partial charge in [-0.05, 0) is 18.2 Å². The first-order valence-electron chi connectivity index (χ1n) is 3.48. The highest BCUT2D eigenvalue weighted by Crippen LogP contribution is 2.05. The molecule has 0 atom stereocenters. The highest BCUT2D eigenvalue weighted by Gasteiger charge is 1.94. The van der Waals surface area contributed by atoms with Gasteiger partial charge in [-0.15, -0.1) is 0 Å². The van der Waals surface area contributed by atoms with Crippen molar-refractivity contribution in [3.8, 4) is 12.1 Å². The van der Waals surface area contributed by atoms with Crippen LogP contribution in [0.1, 0.15) is 12.1 Å². The maximum Gasteiger partial charge on any atom is 0.0958 e. The Hall–Kier alpha value is -2.00. The molecule has 1 N–H and O–H groups in total. The summed E-state index contributed by atoms with van der Waals surface area (Å²) in [6, 6.07) is 7.57. The molecule has 1 aromatic rings. The molecule has 0 aliphatic carbocycles. The van der Waals surface area contributed by atoms with Crippen molar-refractivity contribution in [2.24, 2.45) is 0 Å². The van der Waals surface area contributed by atoms with Crippen molar-refractivity contribution >= 4 is 6.08 Å². The molecule has 0 aliphatic heterocycles. The van der Waals surface area contributed by atoms with Crippen LogP contribution >= 0.6 is 0 Å². The number of rotatable bonds is 2. The zero-order valence-corrected chi connectivity index (χ0v) is 6.41. The molecule has 0 bridgehead atoms. The van der Waals surface area contributed by atoms with Gasteiger partial charge in [-0.3, -0.25) is 0 Å². The van der Waals surface area contributed by atoms with Crippen LogP contribution < -0.4 is 0 Å². The molecule has 58 valence electrons. The largest absolute Gasteiger partial charge is 0.362 e. The minimum Gasteiger partial charge on any atom is -0.362 e. The summed E-state index contributed by atoms with van der Waals surface area (Å²) in [6.07, 6.45) is 3.60. The highest BCUT2D eigenvalue weighted by atomic mass is 14.7. The van der Waals surface area contributed by atoms with Crippen LogP contribution in [0, 0.1) is 22.7 Å². The lowest BCUT2D eigenvalue weighted by molar-refractivity contribution is 1.27. The Morgan fingerprint density at radius 2 is 2.42 bits per heavy atom. The number of hydrogen-bond acceptors (Lipinski definition) is 2. The van der Waals surface area contributed by atoms with E-state index in [9.17, 15) is 0 Å². The Morgan fingerprint density at radius 3 is 2.92 bits per heavy atom. The van der Waals surface area contributed by atoms with E-state index in [0.717, 1.165) is 5.69 Å². The molecule has 1 aromatic heterocycles. The van der Waals surface area contributed by atoms with Gasteiger partial charge in [0.25, 0.3) is 0 Å². The van der Waals surface area contributed by atoms with Crippen molar-refractivity contribution in [2.75, 3.05) is 0 Å². The molecule has 0 fully saturated rings. The molecule has 3 nitrogen and oxygen atoms in total. The second kappa shape index (κ2) is 4.00. The number of nitrogens with zero attached hydrogens (tertiary/aromatic N) is 2. The summed E-state index contributed by atoms with van der Waals surface area (Å²) < 4.78 is 0. The third-order valence-electron chi connectivity index (χ3n) is 1.36. The third kappa shape index (κ3) is 2.00. The second-order valence-electron chi connectivity index (χ2n) is 2.24. The topological polar surface area (TPSA) is 63.4 Å². The van der Waals surface area contributed by atoms with Crippen LogP contribution in [-0.2, 0) is 0 Å². The number of H-pyrrole nitrogens is 1. The highest BCUT2D eigenvalue weighted by molar-refractivity contribution is 5.54. The van der Waals surface area contributed by atoms with Crippen LogP contribution in [0.4, 0.5) is 0 Å². The van der Waals surface area contributed by atoms with Gasteiger partial charge in [-0.25, -0.2) is 0 Å². The third-order valence-corrected chi connectivity index (χ3v) is 1.36. The number of hydrogen-bond donors (Lipinski definition) is 1. The van der Waals surface area contributed by atoms with Crippen molar-refractivity contribution in [2.45, 2.75) is 6.42 Å². The maximum atomic E-state index is 8.57. The number of nitrogens with one attached hydrogen (secondary N) is 1. The van der Waals surface area contributed by atoms with E-state index in [2.05, 4.69) is 4.98 Å². The Labute approximate surface area is 70.6 Å². The Kier molecular flexibility index (Phi) is 2.70. The van der Waals surface area contributed by atoms with Crippen molar-refractivity contribution in [1.29, 1.82) is 10.5 Å². The molecule has 3 heteroatoms. The minimum atomic E-state index is 0.162. The van der Waals surface area contributed by atoms with Gasteiger partial charge in [0, 0.05) is 17.5 Å². The van der Waals surface area contributed by atoms with Gasteiger partial charge in [0.2, 0.25) is 0 Å². The summed E-state index contributed by atoms with van der Waals surface area (Å²) in [7, 11) is 0. The molecule has 1 rings (SSSR count). The van der Waals surface area contributed by atoms with Gasteiger partial charge in [0.1, 0.15) is 0 Å². The Morgan fingerprint density at radius 1 is 1.58 bits per heavy atom. The summed E-state index contributed by atoms with van der Waals surface area (Å²) in [5.74, 6) is 0. The summed E-state index contributed by atoms with van der Waals surface area (Å²) in [5.41, 5.74) is 1.32. The Bertz CT molecular complexity index is 346.